The number of hydrogen-bond donors (Lipinski definition) is 1. The number of hydrogen-bond acceptors (Lipinski definition) is 1. The molecule has 0 unspecified atom stereocenters. The summed E-state index contributed by atoms with van der Waals surface area (Å²) in [5.74, 6) is -0.144. The molecule has 1 aromatic rings. The van der Waals surface area contributed by atoms with Crippen molar-refractivity contribution in [2.24, 2.45) is 5.41 Å². The van der Waals surface area contributed by atoms with E-state index in [1.165, 1.54) is 31.2 Å². The predicted octanol–water partition coefficient (Wildman–Crippen LogP) is 5.05. The lowest BCUT2D eigenvalue weighted by molar-refractivity contribution is 0.00939. The maximum absolute atomic E-state index is 13.2. The molecule has 2 rings (SSSR count). The van der Waals surface area contributed by atoms with Gasteiger partial charge in [0.25, 0.3) is 0 Å². The molecule has 2 heteroatoms. The van der Waals surface area contributed by atoms with Gasteiger partial charge in [0.15, 0.2) is 0 Å². The zero-order valence-electron chi connectivity index (χ0n) is 14.2. The van der Waals surface area contributed by atoms with Crippen molar-refractivity contribution in [1.29, 1.82) is 0 Å². The molecule has 1 aliphatic carbocycles. The average Bonchev–Trinajstić information content (AvgIpc) is 2.39. The van der Waals surface area contributed by atoms with Crippen molar-refractivity contribution in [2.45, 2.75) is 71.3 Å². The normalized spacial score (nSPS) is 20.1. The number of nitrogens with one attached hydrogen (secondary N) is 1. The Morgan fingerprint density at radius 2 is 1.57 bits per heavy atom. The summed E-state index contributed by atoms with van der Waals surface area (Å²) in [7, 11) is 0. The lowest BCUT2D eigenvalue weighted by Gasteiger charge is -2.57. The minimum atomic E-state index is -0.144. The summed E-state index contributed by atoms with van der Waals surface area (Å²) >= 11 is 0. The van der Waals surface area contributed by atoms with Crippen molar-refractivity contribution >= 4 is 0 Å². The molecule has 1 N–H and O–H groups in total. The first-order valence-electron chi connectivity index (χ1n) is 8.25. The molecule has 1 aromatic carbocycles. The molecule has 0 saturated heterocycles. The highest BCUT2D eigenvalue weighted by atomic mass is 19.1. The van der Waals surface area contributed by atoms with Crippen molar-refractivity contribution in [1.82, 2.24) is 5.32 Å². The monoisotopic (exact) mass is 291 g/mol. The number of benzene rings is 1. The summed E-state index contributed by atoms with van der Waals surface area (Å²) in [6.45, 7) is 12.2. The molecule has 0 spiro atoms. The molecular weight excluding hydrogens is 261 g/mol. The smallest absolute Gasteiger partial charge is 0.123 e. The SMILES string of the molecule is CCC1(CC)CC(CNC(C)(C)C)(c2ccc(F)cc2)C1. The molecule has 0 bridgehead atoms. The van der Waals surface area contributed by atoms with E-state index >= 15 is 0 Å². The Morgan fingerprint density at radius 3 is 2.00 bits per heavy atom. The fourth-order valence-corrected chi connectivity index (χ4v) is 3.80. The van der Waals surface area contributed by atoms with E-state index in [1.54, 1.807) is 12.1 Å². The largest absolute Gasteiger partial charge is 0.311 e. The average molecular weight is 291 g/mol. The molecule has 0 aromatic heterocycles. The van der Waals surface area contributed by atoms with Crippen LogP contribution in [0.4, 0.5) is 4.39 Å². The summed E-state index contributed by atoms with van der Waals surface area (Å²) in [5.41, 5.74) is 2.06. The van der Waals surface area contributed by atoms with E-state index in [0.29, 0.717) is 5.41 Å². The van der Waals surface area contributed by atoms with Crippen LogP contribution in [0.1, 0.15) is 65.9 Å². The second kappa shape index (κ2) is 5.72. The minimum Gasteiger partial charge on any atom is -0.311 e. The standard InChI is InChI=1S/C19H30FN/c1-6-18(7-2)12-19(13-18,14-21-17(3,4)5)15-8-10-16(20)11-9-15/h8-11,21H,6-7,12-14H2,1-5H3. The van der Waals surface area contributed by atoms with Gasteiger partial charge in [0.1, 0.15) is 5.82 Å². The number of rotatable bonds is 5. The second-order valence-corrected chi connectivity index (χ2v) is 7.95. The molecular formula is C19H30FN. The van der Waals surface area contributed by atoms with Crippen LogP contribution in [0.5, 0.6) is 0 Å². The molecule has 118 valence electrons. The molecule has 1 saturated carbocycles. The van der Waals surface area contributed by atoms with E-state index in [2.05, 4.69) is 39.9 Å². The van der Waals surface area contributed by atoms with Gasteiger partial charge >= 0.3 is 0 Å². The van der Waals surface area contributed by atoms with E-state index in [9.17, 15) is 4.39 Å². The molecule has 0 atom stereocenters. The van der Waals surface area contributed by atoms with Crippen LogP contribution >= 0.6 is 0 Å². The molecule has 0 heterocycles. The maximum Gasteiger partial charge on any atom is 0.123 e. The third-order valence-electron chi connectivity index (χ3n) is 5.34. The second-order valence-electron chi connectivity index (χ2n) is 7.95. The lowest BCUT2D eigenvalue weighted by atomic mass is 9.48. The van der Waals surface area contributed by atoms with Crippen LogP contribution < -0.4 is 5.32 Å². The van der Waals surface area contributed by atoms with Gasteiger partial charge in [0.05, 0.1) is 0 Å². The van der Waals surface area contributed by atoms with Crippen molar-refractivity contribution in [3.63, 3.8) is 0 Å². The van der Waals surface area contributed by atoms with E-state index < -0.39 is 0 Å². The van der Waals surface area contributed by atoms with Crippen LogP contribution in [-0.4, -0.2) is 12.1 Å². The van der Waals surface area contributed by atoms with Gasteiger partial charge in [0, 0.05) is 17.5 Å². The first-order chi connectivity index (χ1) is 9.74. The van der Waals surface area contributed by atoms with Gasteiger partial charge in [-0.05, 0) is 56.7 Å². The number of halogens is 1. The molecule has 0 radical (unpaired) electrons. The Balaban J connectivity index is 2.22. The van der Waals surface area contributed by atoms with Gasteiger partial charge < -0.3 is 5.32 Å². The van der Waals surface area contributed by atoms with E-state index in [-0.39, 0.29) is 16.8 Å². The van der Waals surface area contributed by atoms with Crippen molar-refractivity contribution < 1.29 is 4.39 Å². The summed E-state index contributed by atoms with van der Waals surface area (Å²) in [6.07, 6.45) is 4.90. The lowest BCUT2D eigenvalue weighted by Crippen LogP contribution is -2.56. The van der Waals surface area contributed by atoms with E-state index in [4.69, 9.17) is 0 Å². The van der Waals surface area contributed by atoms with E-state index in [1.807, 2.05) is 12.1 Å². The summed E-state index contributed by atoms with van der Waals surface area (Å²) < 4.78 is 13.2. The van der Waals surface area contributed by atoms with Crippen molar-refractivity contribution in [2.75, 3.05) is 6.54 Å². The highest BCUT2D eigenvalue weighted by Crippen LogP contribution is 2.59. The van der Waals surface area contributed by atoms with Gasteiger partial charge in [0.2, 0.25) is 0 Å². The Morgan fingerprint density at radius 1 is 1.05 bits per heavy atom. The Hall–Kier alpha value is -0.890. The molecule has 0 amide bonds. The zero-order chi connectivity index (χ0) is 15.7. The van der Waals surface area contributed by atoms with Crippen LogP contribution in [-0.2, 0) is 5.41 Å². The highest BCUT2D eigenvalue weighted by molar-refractivity contribution is 5.32. The molecule has 1 fully saturated rings. The van der Waals surface area contributed by atoms with Crippen molar-refractivity contribution in [3.8, 4) is 0 Å². The van der Waals surface area contributed by atoms with Gasteiger partial charge in [-0.25, -0.2) is 4.39 Å². The first-order valence-corrected chi connectivity index (χ1v) is 8.25. The maximum atomic E-state index is 13.2. The highest BCUT2D eigenvalue weighted by Gasteiger charge is 2.53. The van der Waals surface area contributed by atoms with Gasteiger partial charge in [-0.15, -0.1) is 0 Å². The van der Waals surface area contributed by atoms with E-state index in [0.717, 1.165) is 6.54 Å². The predicted molar refractivity (Wildman–Crippen MR) is 88.1 cm³/mol. The Bertz CT molecular complexity index is 457. The van der Waals surface area contributed by atoms with Gasteiger partial charge in [-0.3, -0.25) is 0 Å². The molecule has 0 aliphatic heterocycles. The zero-order valence-corrected chi connectivity index (χ0v) is 14.2. The van der Waals surface area contributed by atoms with Crippen LogP contribution in [0.15, 0.2) is 24.3 Å². The van der Waals surface area contributed by atoms with Crippen LogP contribution in [0.2, 0.25) is 0 Å². The third kappa shape index (κ3) is 3.48. The molecule has 21 heavy (non-hydrogen) atoms. The fourth-order valence-electron chi connectivity index (χ4n) is 3.80. The Labute approximate surface area is 129 Å². The summed E-state index contributed by atoms with van der Waals surface area (Å²) in [5, 5.41) is 3.67. The quantitative estimate of drug-likeness (QED) is 0.800. The molecule has 1 aliphatic rings. The van der Waals surface area contributed by atoms with Gasteiger partial charge in [-0.2, -0.15) is 0 Å². The third-order valence-corrected chi connectivity index (χ3v) is 5.34. The van der Waals surface area contributed by atoms with Crippen LogP contribution in [0.25, 0.3) is 0 Å². The first kappa shape index (κ1) is 16.5. The van der Waals surface area contributed by atoms with Crippen LogP contribution in [0.3, 0.4) is 0 Å². The summed E-state index contributed by atoms with van der Waals surface area (Å²) in [6, 6.07) is 7.17. The topological polar surface area (TPSA) is 12.0 Å². The molecule has 1 nitrogen and oxygen atoms in total. The van der Waals surface area contributed by atoms with Crippen LogP contribution in [0, 0.1) is 11.2 Å². The summed E-state index contributed by atoms with van der Waals surface area (Å²) in [4.78, 5) is 0. The minimum absolute atomic E-state index is 0.115. The van der Waals surface area contributed by atoms with Crippen molar-refractivity contribution in [3.05, 3.63) is 35.6 Å². The van der Waals surface area contributed by atoms with Gasteiger partial charge in [-0.1, -0.05) is 38.8 Å². The fraction of sp³-hybridized carbons (Fsp3) is 0.684. The Kier molecular flexibility index (Phi) is 4.49.